The fourth-order valence-corrected chi connectivity index (χ4v) is 1.56. The van der Waals surface area contributed by atoms with Crippen molar-refractivity contribution in [1.29, 1.82) is 0 Å². The lowest BCUT2D eigenvalue weighted by Gasteiger charge is -2.08. The van der Waals surface area contributed by atoms with E-state index in [9.17, 15) is 9.90 Å². The number of nitrogens with one attached hydrogen (secondary N) is 1. The van der Waals surface area contributed by atoms with Crippen LogP contribution >= 0.6 is 0 Å². The van der Waals surface area contributed by atoms with Crippen LogP contribution in [0, 0.1) is 6.92 Å². The summed E-state index contributed by atoms with van der Waals surface area (Å²) >= 11 is 0. The van der Waals surface area contributed by atoms with Gasteiger partial charge < -0.3 is 10.4 Å². The van der Waals surface area contributed by atoms with Crippen LogP contribution in [0.15, 0.2) is 48.5 Å². The predicted octanol–water partition coefficient (Wildman–Crippen LogP) is 2.95. The summed E-state index contributed by atoms with van der Waals surface area (Å²) in [4.78, 5) is 11.9. The molecule has 3 nitrogen and oxygen atoms in total. The van der Waals surface area contributed by atoms with Crippen molar-refractivity contribution in [3.63, 3.8) is 0 Å². The number of phenols is 1. The van der Waals surface area contributed by atoms with Crippen LogP contribution in [-0.2, 0) is 0 Å². The van der Waals surface area contributed by atoms with Crippen LogP contribution < -0.4 is 5.32 Å². The second-order valence-electron chi connectivity index (χ2n) is 3.79. The molecule has 2 rings (SSSR count). The highest BCUT2D eigenvalue weighted by molar-refractivity contribution is 6.06. The Bertz CT molecular complexity index is 535. The van der Waals surface area contributed by atoms with Crippen molar-refractivity contribution in [1.82, 2.24) is 0 Å². The number of aryl methyl sites for hydroxylation is 1. The van der Waals surface area contributed by atoms with Crippen LogP contribution in [0.2, 0.25) is 0 Å². The summed E-state index contributed by atoms with van der Waals surface area (Å²) in [5, 5.41) is 12.5. The van der Waals surface area contributed by atoms with Crippen molar-refractivity contribution in [2.45, 2.75) is 6.92 Å². The quantitative estimate of drug-likeness (QED) is 0.828. The first-order valence-electron chi connectivity index (χ1n) is 5.33. The minimum atomic E-state index is -0.308. The van der Waals surface area contributed by atoms with E-state index in [4.69, 9.17) is 0 Å². The SMILES string of the molecule is Cc1cccc(C(=O)Nc2ccccc2)c1O. The van der Waals surface area contributed by atoms with Gasteiger partial charge in [-0.3, -0.25) is 4.79 Å². The van der Waals surface area contributed by atoms with Gasteiger partial charge in [-0.15, -0.1) is 0 Å². The van der Waals surface area contributed by atoms with Crippen molar-refractivity contribution in [2.24, 2.45) is 0 Å². The summed E-state index contributed by atoms with van der Waals surface area (Å²) in [5.74, 6) is -0.279. The van der Waals surface area contributed by atoms with Gasteiger partial charge in [0.2, 0.25) is 0 Å². The number of hydrogen-bond acceptors (Lipinski definition) is 2. The van der Waals surface area contributed by atoms with Crippen molar-refractivity contribution in [3.8, 4) is 5.75 Å². The molecule has 0 saturated heterocycles. The Morgan fingerprint density at radius 3 is 2.47 bits per heavy atom. The van der Waals surface area contributed by atoms with Gasteiger partial charge in [-0.2, -0.15) is 0 Å². The van der Waals surface area contributed by atoms with Crippen molar-refractivity contribution < 1.29 is 9.90 Å². The lowest BCUT2D eigenvalue weighted by molar-refractivity contribution is 0.102. The summed E-state index contributed by atoms with van der Waals surface area (Å²) in [6.45, 7) is 1.76. The molecule has 0 aliphatic heterocycles. The fraction of sp³-hybridized carbons (Fsp3) is 0.0714. The molecule has 0 saturated carbocycles. The third-order valence-corrected chi connectivity index (χ3v) is 2.51. The topological polar surface area (TPSA) is 49.3 Å². The van der Waals surface area contributed by atoms with Crippen LogP contribution in [0.4, 0.5) is 5.69 Å². The Kier molecular flexibility index (Phi) is 3.10. The van der Waals surface area contributed by atoms with Gasteiger partial charge in [0.05, 0.1) is 5.56 Å². The van der Waals surface area contributed by atoms with Gasteiger partial charge in [0.25, 0.3) is 5.91 Å². The molecule has 0 fully saturated rings. The summed E-state index contributed by atoms with van der Waals surface area (Å²) in [6, 6.07) is 14.2. The molecule has 0 atom stereocenters. The van der Waals surface area contributed by atoms with Gasteiger partial charge >= 0.3 is 0 Å². The largest absolute Gasteiger partial charge is 0.507 e. The Morgan fingerprint density at radius 2 is 1.76 bits per heavy atom. The molecular formula is C14H13NO2. The number of aromatic hydroxyl groups is 1. The van der Waals surface area contributed by atoms with E-state index in [2.05, 4.69) is 5.32 Å². The molecule has 2 N–H and O–H groups in total. The molecule has 0 heterocycles. The lowest BCUT2D eigenvalue weighted by Crippen LogP contribution is -2.12. The van der Waals surface area contributed by atoms with Gasteiger partial charge in [-0.1, -0.05) is 30.3 Å². The zero-order valence-corrected chi connectivity index (χ0v) is 9.47. The molecule has 0 spiro atoms. The molecule has 0 aliphatic rings. The van der Waals surface area contributed by atoms with Gasteiger partial charge in [0.1, 0.15) is 5.75 Å². The third kappa shape index (κ3) is 2.45. The molecule has 1 amide bonds. The van der Waals surface area contributed by atoms with E-state index in [0.717, 1.165) is 0 Å². The van der Waals surface area contributed by atoms with Crippen molar-refractivity contribution >= 4 is 11.6 Å². The number of phenolic OH excluding ortho intramolecular Hbond substituents is 1. The Labute approximate surface area is 99.7 Å². The Balaban J connectivity index is 2.24. The third-order valence-electron chi connectivity index (χ3n) is 2.51. The second kappa shape index (κ2) is 4.70. The number of hydrogen-bond donors (Lipinski definition) is 2. The fourth-order valence-electron chi connectivity index (χ4n) is 1.56. The van der Waals surface area contributed by atoms with E-state index in [1.54, 1.807) is 37.3 Å². The molecule has 0 radical (unpaired) electrons. The molecule has 0 aliphatic carbocycles. The summed E-state index contributed by atoms with van der Waals surface area (Å²) in [5.41, 5.74) is 1.68. The zero-order valence-electron chi connectivity index (χ0n) is 9.47. The molecule has 2 aromatic carbocycles. The number of anilines is 1. The highest BCUT2D eigenvalue weighted by atomic mass is 16.3. The van der Waals surface area contributed by atoms with E-state index in [1.165, 1.54) is 0 Å². The maximum atomic E-state index is 11.9. The molecule has 2 aromatic rings. The summed E-state index contributed by atoms with van der Waals surface area (Å²) in [6.07, 6.45) is 0. The van der Waals surface area contributed by atoms with Crippen molar-refractivity contribution in [3.05, 3.63) is 59.7 Å². The summed E-state index contributed by atoms with van der Waals surface area (Å²) in [7, 11) is 0. The molecule has 0 aromatic heterocycles. The monoisotopic (exact) mass is 227 g/mol. The number of carbonyl (C=O) groups is 1. The molecule has 3 heteroatoms. The average Bonchev–Trinajstić information content (AvgIpc) is 2.34. The van der Waals surface area contributed by atoms with Gasteiger partial charge in [0, 0.05) is 5.69 Å². The zero-order chi connectivity index (χ0) is 12.3. The maximum absolute atomic E-state index is 11.9. The van der Waals surface area contributed by atoms with Crippen LogP contribution in [-0.4, -0.2) is 11.0 Å². The van der Waals surface area contributed by atoms with E-state index < -0.39 is 0 Å². The van der Waals surface area contributed by atoms with Gasteiger partial charge in [-0.25, -0.2) is 0 Å². The number of benzene rings is 2. The number of amides is 1. The first-order chi connectivity index (χ1) is 8.18. The molecular weight excluding hydrogens is 214 g/mol. The first kappa shape index (κ1) is 11.2. The summed E-state index contributed by atoms with van der Waals surface area (Å²) < 4.78 is 0. The second-order valence-corrected chi connectivity index (χ2v) is 3.79. The number of para-hydroxylation sites is 2. The smallest absolute Gasteiger partial charge is 0.259 e. The normalized spacial score (nSPS) is 9.94. The average molecular weight is 227 g/mol. The lowest BCUT2D eigenvalue weighted by atomic mass is 10.1. The predicted molar refractivity (Wildman–Crippen MR) is 67.2 cm³/mol. The molecule has 0 bridgehead atoms. The Hall–Kier alpha value is -2.29. The van der Waals surface area contributed by atoms with Crippen LogP contribution in [0.3, 0.4) is 0 Å². The molecule has 0 unspecified atom stereocenters. The highest BCUT2D eigenvalue weighted by Crippen LogP contribution is 2.22. The van der Waals surface area contributed by atoms with Gasteiger partial charge in [0.15, 0.2) is 0 Å². The van der Waals surface area contributed by atoms with E-state index in [1.807, 2.05) is 18.2 Å². The van der Waals surface area contributed by atoms with Crippen molar-refractivity contribution in [2.75, 3.05) is 5.32 Å². The minimum Gasteiger partial charge on any atom is -0.507 e. The van der Waals surface area contributed by atoms with Gasteiger partial charge in [-0.05, 0) is 30.7 Å². The first-order valence-corrected chi connectivity index (χ1v) is 5.33. The van der Waals surface area contributed by atoms with Crippen LogP contribution in [0.1, 0.15) is 15.9 Å². The minimum absolute atomic E-state index is 0.0286. The molecule has 86 valence electrons. The van der Waals surface area contributed by atoms with Crippen LogP contribution in [0.25, 0.3) is 0 Å². The van der Waals surface area contributed by atoms with Crippen LogP contribution in [0.5, 0.6) is 5.75 Å². The number of rotatable bonds is 2. The molecule has 17 heavy (non-hydrogen) atoms. The van der Waals surface area contributed by atoms with E-state index in [0.29, 0.717) is 11.3 Å². The van der Waals surface area contributed by atoms with E-state index >= 15 is 0 Å². The number of carbonyl (C=O) groups excluding carboxylic acids is 1. The highest BCUT2D eigenvalue weighted by Gasteiger charge is 2.12. The Morgan fingerprint density at radius 1 is 1.06 bits per heavy atom. The van der Waals surface area contributed by atoms with E-state index in [-0.39, 0.29) is 17.2 Å². The standard InChI is InChI=1S/C14H13NO2/c1-10-6-5-9-12(13(10)16)14(17)15-11-7-3-2-4-8-11/h2-9,16H,1H3,(H,15,17). The maximum Gasteiger partial charge on any atom is 0.259 e.